The van der Waals surface area contributed by atoms with Crippen LogP contribution in [-0.4, -0.2) is 11.2 Å². The molecule has 0 saturated heterocycles. The summed E-state index contributed by atoms with van der Waals surface area (Å²) in [6.07, 6.45) is 0.516. The summed E-state index contributed by atoms with van der Waals surface area (Å²) in [6.45, 7) is 0.655. The van der Waals surface area contributed by atoms with E-state index in [9.17, 15) is 9.59 Å². The van der Waals surface area contributed by atoms with Crippen molar-refractivity contribution in [1.82, 2.24) is 4.57 Å². The Labute approximate surface area is 160 Å². The highest BCUT2D eigenvalue weighted by molar-refractivity contribution is 9.10. The molecule has 0 fully saturated rings. The molecular formula is C17H12BrCl2NO4. The number of fused-ring (bicyclic) bond motifs is 1. The molecular weight excluding hydrogens is 433 g/mol. The lowest BCUT2D eigenvalue weighted by molar-refractivity contribution is 0.297. The number of hydrogen-bond donors (Lipinski definition) is 0. The van der Waals surface area contributed by atoms with Gasteiger partial charge in [0, 0.05) is 22.1 Å². The van der Waals surface area contributed by atoms with Crippen molar-refractivity contribution in [2.75, 3.05) is 6.61 Å². The van der Waals surface area contributed by atoms with Crippen LogP contribution in [0.2, 0.25) is 10.0 Å². The van der Waals surface area contributed by atoms with Crippen molar-refractivity contribution < 1.29 is 9.15 Å². The zero-order valence-corrected chi connectivity index (χ0v) is 15.9. The van der Waals surface area contributed by atoms with E-state index in [2.05, 4.69) is 15.9 Å². The molecule has 2 aromatic carbocycles. The van der Waals surface area contributed by atoms with Gasteiger partial charge in [-0.25, -0.2) is 9.59 Å². The Kier molecular flexibility index (Phi) is 5.51. The Bertz CT molecular complexity index is 1040. The molecule has 130 valence electrons. The lowest BCUT2D eigenvalue weighted by Gasteiger charge is -2.10. The van der Waals surface area contributed by atoms with Crippen LogP contribution in [0.5, 0.6) is 5.75 Å². The standard InChI is InChI=1S/C17H12BrCl2NO4/c18-10-2-5-14-12(8-10)16(22)25-17(23)21(14)6-1-7-24-15-9-11(19)3-4-13(15)20/h2-5,8-9H,1,6-7H2. The van der Waals surface area contributed by atoms with E-state index >= 15 is 0 Å². The van der Waals surface area contributed by atoms with E-state index in [0.717, 1.165) is 4.47 Å². The van der Waals surface area contributed by atoms with E-state index in [1.807, 2.05) is 0 Å². The number of aromatic nitrogens is 1. The summed E-state index contributed by atoms with van der Waals surface area (Å²) in [4.78, 5) is 23.8. The number of benzene rings is 2. The molecule has 8 heteroatoms. The van der Waals surface area contributed by atoms with Gasteiger partial charge in [-0.2, -0.15) is 0 Å². The molecule has 0 aliphatic heterocycles. The SMILES string of the molecule is O=c1oc(=O)n(CCCOc2cc(Cl)ccc2Cl)c2ccc(Br)cc12. The van der Waals surface area contributed by atoms with Crippen LogP contribution in [0.3, 0.4) is 0 Å². The largest absolute Gasteiger partial charge is 0.492 e. The second-order valence-corrected chi connectivity index (χ2v) is 7.00. The Morgan fingerprint density at radius 1 is 1.12 bits per heavy atom. The van der Waals surface area contributed by atoms with E-state index in [4.69, 9.17) is 32.4 Å². The average molecular weight is 445 g/mol. The Hall–Kier alpha value is -1.76. The molecule has 0 amide bonds. The van der Waals surface area contributed by atoms with Gasteiger partial charge in [-0.3, -0.25) is 4.57 Å². The summed E-state index contributed by atoms with van der Waals surface area (Å²) in [5.41, 5.74) is -0.134. The summed E-state index contributed by atoms with van der Waals surface area (Å²) in [6, 6.07) is 10.0. The van der Waals surface area contributed by atoms with Crippen molar-refractivity contribution in [1.29, 1.82) is 0 Å². The van der Waals surface area contributed by atoms with Crippen molar-refractivity contribution in [3.63, 3.8) is 0 Å². The quantitative estimate of drug-likeness (QED) is 0.544. The van der Waals surface area contributed by atoms with E-state index < -0.39 is 11.4 Å². The third-order valence-corrected chi connectivity index (χ3v) is 4.59. The van der Waals surface area contributed by atoms with Crippen LogP contribution in [-0.2, 0) is 6.54 Å². The van der Waals surface area contributed by atoms with Crippen molar-refractivity contribution in [3.8, 4) is 5.75 Å². The number of halogens is 3. The average Bonchev–Trinajstić information content (AvgIpc) is 2.57. The van der Waals surface area contributed by atoms with Crippen molar-refractivity contribution >= 4 is 50.0 Å². The molecule has 3 rings (SSSR count). The molecule has 0 radical (unpaired) electrons. The lowest BCUT2D eigenvalue weighted by atomic mass is 10.2. The van der Waals surface area contributed by atoms with Crippen LogP contribution in [0.15, 0.2) is 54.9 Å². The van der Waals surface area contributed by atoms with Crippen LogP contribution in [0, 0.1) is 0 Å². The zero-order valence-electron chi connectivity index (χ0n) is 12.8. The predicted octanol–water partition coefficient (Wildman–Crippen LogP) is 4.49. The molecule has 0 aliphatic carbocycles. The van der Waals surface area contributed by atoms with Gasteiger partial charge in [0.2, 0.25) is 0 Å². The van der Waals surface area contributed by atoms with Gasteiger partial charge in [-0.1, -0.05) is 39.1 Å². The fraction of sp³-hybridized carbons (Fsp3) is 0.176. The minimum absolute atomic E-state index is 0.323. The molecule has 0 atom stereocenters. The highest BCUT2D eigenvalue weighted by Gasteiger charge is 2.10. The number of hydrogen-bond acceptors (Lipinski definition) is 4. The van der Waals surface area contributed by atoms with Crippen molar-refractivity contribution in [2.45, 2.75) is 13.0 Å². The third kappa shape index (κ3) is 4.08. The summed E-state index contributed by atoms with van der Waals surface area (Å²) in [7, 11) is 0. The third-order valence-electron chi connectivity index (χ3n) is 3.55. The molecule has 0 unspecified atom stereocenters. The molecule has 0 aliphatic rings. The molecule has 0 bridgehead atoms. The number of rotatable bonds is 5. The normalized spacial score (nSPS) is 11.0. The maximum absolute atomic E-state index is 12.0. The summed E-state index contributed by atoms with van der Waals surface area (Å²) in [5.74, 6) is -0.212. The fourth-order valence-corrected chi connectivity index (χ4v) is 3.09. The van der Waals surface area contributed by atoms with Crippen LogP contribution in [0.25, 0.3) is 10.9 Å². The van der Waals surface area contributed by atoms with E-state index in [1.165, 1.54) is 4.57 Å². The second-order valence-electron chi connectivity index (χ2n) is 5.25. The van der Waals surface area contributed by atoms with Crippen LogP contribution < -0.4 is 16.1 Å². The molecule has 0 saturated carbocycles. The van der Waals surface area contributed by atoms with Crippen LogP contribution in [0.4, 0.5) is 0 Å². The minimum Gasteiger partial charge on any atom is -0.492 e. The van der Waals surface area contributed by atoms with Crippen LogP contribution >= 0.6 is 39.1 Å². The van der Waals surface area contributed by atoms with Crippen molar-refractivity contribution in [2.24, 2.45) is 0 Å². The van der Waals surface area contributed by atoms with Gasteiger partial charge in [0.05, 0.1) is 22.5 Å². The lowest BCUT2D eigenvalue weighted by Crippen LogP contribution is -2.25. The zero-order chi connectivity index (χ0) is 18.0. The highest BCUT2D eigenvalue weighted by atomic mass is 79.9. The van der Waals surface area contributed by atoms with Gasteiger partial charge in [-0.05, 0) is 36.8 Å². The summed E-state index contributed by atoms with van der Waals surface area (Å²) < 4.78 is 12.5. The molecule has 1 heterocycles. The fourth-order valence-electron chi connectivity index (χ4n) is 2.40. The van der Waals surface area contributed by atoms with E-state index in [0.29, 0.717) is 46.3 Å². The number of ether oxygens (including phenoxy) is 1. The number of nitrogens with zero attached hydrogens (tertiary/aromatic N) is 1. The van der Waals surface area contributed by atoms with Gasteiger partial charge in [0.25, 0.3) is 0 Å². The molecule has 3 aromatic rings. The predicted molar refractivity (Wildman–Crippen MR) is 101 cm³/mol. The number of aryl methyl sites for hydroxylation is 1. The summed E-state index contributed by atoms with van der Waals surface area (Å²) in [5, 5.41) is 1.33. The molecule has 0 spiro atoms. The van der Waals surface area contributed by atoms with Crippen molar-refractivity contribution in [3.05, 3.63) is 71.9 Å². The monoisotopic (exact) mass is 443 g/mol. The highest BCUT2D eigenvalue weighted by Crippen LogP contribution is 2.27. The Morgan fingerprint density at radius 3 is 2.72 bits per heavy atom. The first-order valence-electron chi connectivity index (χ1n) is 7.37. The van der Waals surface area contributed by atoms with Gasteiger partial charge >= 0.3 is 11.4 Å². The first-order valence-corrected chi connectivity index (χ1v) is 8.91. The topological polar surface area (TPSA) is 61.4 Å². The van der Waals surface area contributed by atoms with E-state index in [1.54, 1.807) is 36.4 Å². The first kappa shape index (κ1) is 18.0. The summed E-state index contributed by atoms with van der Waals surface area (Å²) >= 11 is 15.2. The van der Waals surface area contributed by atoms with Gasteiger partial charge in [0.15, 0.2) is 0 Å². The maximum Gasteiger partial charge on any atom is 0.422 e. The molecule has 0 N–H and O–H groups in total. The molecule has 1 aromatic heterocycles. The van der Waals surface area contributed by atoms with E-state index in [-0.39, 0.29) is 0 Å². The Morgan fingerprint density at radius 2 is 1.92 bits per heavy atom. The maximum atomic E-state index is 12.0. The van der Waals surface area contributed by atoms with Gasteiger partial charge in [0.1, 0.15) is 5.75 Å². The molecule has 25 heavy (non-hydrogen) atoms. The second kappa shape index (κ2) is 7.64. The van der Waals surface area contributed by atoms with Crippen LogP contribution in [0.1, 0.15) is 6.42 Å². The van der Waals surface area contributed by atoms with Gasteiger partial charge in [-0.15, -0.1) is 0 Å². The Balaban J connectivity index is 1.76. The minimum atomic E-state index is -0.694. The molecule has 5 nitrogen and oxygen atoms in total. The van der Waals surface area contributed by atoms with Gasteiger partial charge < -0.3 is 9.15 Å². The first-order chi connectivity index (χ1) is 12.0. The smallest absolute Gasteiger partial charge is 0.422 e.